The summed E-state index contributed by atoms with van der Waals surface area (Å²) in [5.74, 6) is 7.03. The van der Waals surface area contributed by atoms with Crippen molar-refractivity contribution in [2.75, 3.05) is 7.11 Å². The summed E-state index contributed by atoms with van der Waals surface area (Å²) in [6.45, 7) is 7.56. The molecular formula is C22H34O. The van der Waals surface area contributed by atoms with E-state index in [-0.39, 0.29) is 0 Å². The van der Waals surface area contributed by atoms with Gasteiger partial charge in [0.2, 0.25) is 0 Å². The van der Waals surface area contributed by atoms with Crippen LogP contribution in [0.2, 0.25) is 0 Å². The van der Waals surface area contributed by atoms with Crippen LogP contribution in [0.25, 0.3) is 0 Å². The van der Waals surface area contributed by atoms with Gasteiger partial charge in [-0.3, -0.25) is 0 Å². The number of ether oxygens (including phenoxy) is 1. The number of fused-ring (bicyclic) bond motifs is 5. The lowest BCUT2D eigenvalue weighted by Crippen LogP contribution is -2.48. The van der Waals surface area contributed by atoms with E-state index in [9.17, 15) is 0 Å². The van der Waals surface area contributed by atoms with E-state index in [1.165, 1.54) is 44.3 Å². The second-order valence-corrected chi connectivity index (χ2v) is 9.10. The fourth-order valence-electron chi connectivity index (χ4n) is 7.16. The van der Waals surface area contributed by atoms with Gasteiger partial charge >= 0.3 is 0 Å². The van der Waals surface area contributed by atoms with Gasteiger partial charge in [0.05, 0.1) is 12.9 Å². The highest BCUT2D eigenvalue weighted by Crippen LogP contribution is 2.63. The van der Waals surface area contributed by atoms with Gasteiger partial charge in [0.1, 0.15) is 0 Å². The van der Waals surface area contributed by atoms with Crippen molar-refractivity contribution in [3.05, 3.63) is 23.5 Å². The maximum absolute atomic E-state index is 5.56. The van der Waals surface area contributed by atoms with Crippen LogP contribution in [0, 0.1) is 40.9 Å². The predicted molar refractivity (Wildman–Crippen MR) is 95.9 cm³/mol. The summed E-state index contributed by atoms with van der Waals surface area (Å²) in [5.41, 5.74) is 2.01. The molecule has 4 unspecified atom stereocenters. The number of allylic oxidation sites excluding steroid dienone is 4. The molecule has 0 aromatic rings. The Morgan fingerprint density at radius 1 is 1.26 bits per heavy atom. The first-order valence-corrected chi connectivity index (χ1v) is 10.0. The Morgan fingerprint density at radius 3 is 2.83 bits per heavy atom. The minimum Gasteiger partial charge on any atom is -0.501 e. The molecule has 0 spiro atoms. The highest BCUT2D eigenvalue weighted by Gasteiger charge is 2.55. The third kappa shape index (κ3) is 2.25. The van der Waals surface area contributed by atoms with Gasteiger partial charge in [-0.1, -0.05) is 33.3 Å². The van der Waals surface area contributed by atoms with Gasteiger partial charge in [0.25, 0.3) is 0 Å². The smallest absolute Gasteiger partial charge is 0.0958 e. The fraction of sp³-hybridized carbons (Fsp3) is 0.818. The van der Waals surface area contributed by atoms with Crippen molar-refractivity contribution in [3.8, 4) is 0 Å². The van der Waals surface area contributed by atoms with Crippen LogP contribution in [0.4, 0.5) is 0 Å². The molecule has 0 heterocycles. The highest BCUT2D eigenvalue weighted by molar-refractivity contribution is 5.35. The van der Waals surface area contributed by atoms with Crippen molar-refractivity contribution in [2.45, 2.75) is 65.7 Å². The second-order valence-electron chi connectivity index (χ2n) is 9.10. The van der Waals surface area contributed by atoms with Gasteiger partial charge < -0.3 is 4.74 Å². The minimum absolute atomic E-state index is 0.411. The van der Waals surface area contributed by atoms with Crippen molar-refractivity contribution in [2.24, 2.45) is 40.9 Å². The van der Waals surface area contributed by atoms with Crippen LogP contribution < -0.4 is 0 Å². The molecule has 7 atom stereocenters. The van der Waals surface area contributed by atoms with Crippen LogP contribution >= 0.6 is 0 Å². The molecule has 0 bridgehead atoms. The van der Waals surface area contributed by atoms with Crippen LogP contribution in [0.3, 0.4) is 0 Å². The van der Waals surface area contributed by atoms with Crippen LogP contribution in [0.15, 0.2) is 23.5 Å². The van der Waals surface area contributed by atoms with E-state index in [0.29, 0.717) is 5.41 Å². The number of hydrogen-bond donors (Lipinski definition) is 0. The standard InChI is InChI=1S/C22H34O/c1-5-15-6-8-19-18-9-7-16-13-17(23-4)10-11-22(16,3)20(18)12-14(2)21(15)19/h7,13-15,18-21H,5-6,8-12H2,1-4H3/t14-,15+,18?,19?,20?,21?,22+/m1/s1. The molecule has 4 rings (SSSR count). The van der Waals surface area contributed by atoms with Crippen molar-refractivity contribution < 1.29 is 4.74 Å². The molecule has 0 aromatic heterocycles. The Kier molecular flexibility index (Phi) is 3.89. The monoisotopic (exact) mass is 314 g/mol. The number of rotatable bonds is 2. The Morgan fingerprint density at radius 2 is 2.09 bits per heavy atom. The van der Waals surface area contributed by atoms with Crippen molar-refractivity contribution >= 4 is 0 Å². The lowest BCUT2D eigenvalue weighted by atomic mass is 9.49. The van der Waals surface area contributed by atoms with E-state index in [2.05, 4.69) is 32.9 Å². The van der Waals surface area contributed by atoms with Gasteiger partial charge in [0, 0.05) is 6.42 Å². The Balaban J connectivity index is 1.67. The van der Waals surface area contributed by atoms with E-state index in [4.69, 9.17) is 4.74 Å². The number of methoxy groups -OCH3 is 1. The van der Waals surface area contributed by atoms with Crippen molar-refractivity contribution in [1.29, 1.82) is 0 Å². The Bertz CT molecular complexity index is 530. The zero-order valence-corrected chi connectivity index (χ0v) is 15.5. The molecule has 4 aliphatic carbocycles. The highest BCUT2D eigenvalue weighted by atomic mass is 16.5. The zero-order valence-electron chi connectivity index (χ0n) is 15.5. The molecule has 0 saturated heterocycles. The van der Waals surface area contributed by atoms with Crippen LogP contribution in [-0.4, -0.2) is 7.11 Å². The number of hydrogen-bond acceptors (Lipinski definition) is 1. The van der Waals surface area contributed by atoms with E-state index < -0.39 is 0 Å². The summed E-state index contributed by atoms with van der Waals surface area (Å²) in [5, 5.41) is 0. The molecule has 1 heteroatoms. The van der Waals surface area contributed by atoms with Gasteiger partial charge in [0.15, 0.2) is 0 Å². The predicted octanol–water partition coefficient (Wildman–Crippen LogP) is 5.97. The lowest BCUT2D eigenvalue weighted by Gasteiger charge is -2.55. The average molecular weight is 315 g/mol. The molecule has 0 aliphatic heterocycles. The van der Waals surface area contributed by atoms with E-state index in [0.717, 1.165) is 41.9 Å². The molecule has 2 saturated carbocycles. The minimum atomic E-state index is 0.411. The lowest BCUT2D eigenvalue weighted by molar-refractivity contribution is -0.0198. The van der Waals surface area contributed by atoms with Gasteiger partial charge in [-0.05, 0) is 84.7 Å². The molecule has 0 N–H and O–H groups in total. The molecular weight excluding hydrogens is 280 g/mol. The first kappa shape index (κ1) is 15.8. The topological polar surface area (TPSA) is 9.23 Å². The van der Waals surface area contributed by atoms with E-state index >= 15 is 0 Å². The summed E-state index contributed by atoms with van der Waals surface area (Å²) in [6, 6.07) is 0. The van der Waals surface area contributed by atoms with Crippen LogP contribution in [0.1, 0.15) is 65.7 Å². The van der Waals surface area contributed by atoms with E-state index in [1.807, 2.05) is 7.11 Å². The summed E-state index contributed by atoms with van der Waals surface area (Å²) in [7, 11) is 1.83. The zero-order chi connectivity index (χ0) is 16.2. The van der Waals surface area contributed by atoms with E-state index in [1.54, 1.807) is 5.57 Å². The molecule has 0 radical (unpaired) electrons. The van der Waals surface area contributed by atoms with Crippen molar-refractivity contribution in [3.63, 3.8) is 0 Å². The normalized spacial score (nSPS) is 48.7. The third-order valence-corrected chi connectivity index (χ3v) is 8.34. The molecule has 23 heavy (non-hydrogen) atoms. The largest absolute Gasteiger partial charge is 0.501 e. The maximum atomic E-state index is 5.56. The maximum Gasteiger partial charge on any atom is 0.0958 e. The molecule has 0 amide bonds. The summed E-state index contributed by atoms with van der Waals surface area (Å²) >= 11 is 0. The quantitative estimate of drug-likeness (QED) is 0.610. The molecule has 4 aliphatic rings. The molecule has 0 aromatic carbocycles. The summed E-state index contributed by atoms with van der Waals surface area (Å²) < 4.78 is 5.56. The average Bonchev–Trinajstić information content (AvgIpc) is 3.00. The van der Waals surface area contributed by atoms with Gasteiger partial charge in [-0.25, -0.2) is 0 Å². The van der Waals surface area contributed by atoms with Crippen LogP contribution in [-0.2, 0) is 4.74 Å². The first-order chi connectivity index (χ1) is 11.1. The van der Waals surface area contributed by atoms with Crippen molar-refractivity contribution in [1.82, 2.24) is 0 Å². The van der Waals surface area contributed by atoms with Gasteiger partial charge in [-0.15, -0.1) is 0 Å². The fourth-order valence-corrected chi connectivity index (χ4v) is 7.16. The first-order valence-electron chi connectivity index (χ1n) is 10.0. The summed E-state index contributed by atoms with van der Waals surface area (Å²) in [6.07, 6.45) is 14.6. The second kappa shape index (κ2) is 5.67. The SMILES string of the molecule is CC[C@H]1CCC2C3CC=C4C=C(OC)CC[C@]4(C)C3C[C@@H](C)C21. The summed E-state index contributed by atoms with van der Waals surface area (Å²) in [4.78, 5) is 0. The van der Waals surface area contributed by atoms with Gasteiger partial charge in [-0.2, -0.15) is 0 Å². The van der Waals surface area contributed by atoms with Crippen LogP contribution in [0.5, 0.6) is 0 Å². The third-order valence-electron chi connectivity index (χ3n) is 8.34. The Hall–Kier alpha value is -0.720. The molecule has 2 fully saturated rings. The molecule has 1 nitrogen and oxygen atoms in total. The molecule has 128 valence electrons. The Labute approximate surface area is 142 Å².